The summed E-state index contributed by atoms with van der Waals surface area (Å²) in [6.07, 6.45) is 4.77. The summed E-state index contributed by atoms with van der Waals surface area (Å²) in [5, 5.41) is 4.09. The van der Waals surface area contributed by atoms with Gasteiger partial charge in [0.05, 0.1) is 24.3 Å². The van der Waals surface area contributed by atoms with E-state index in [2.05, 4.69) is 21.5 Å². The fourth-order valence-corrected chi connectivity index (χ4v) is 3.89. The van der Waals surface area contributed by atoms with E-state index >= 15 is 0 Å². The molecule has 6 heteroatoms. The standard InChI is InChI=1S/C19H28N4O2/c1-4-24-11-16-8-22(9-17-13(2)21-25-14(17)3)10-18-19(16)23(12-20-18)7-15-5-6-15/h12,15-16H,4-11H2,1-3H3/t16-/m1/s1. The van der Waals surface area contributed by atoms with Gasteiger partial charge in [0.15, 0.2) is 0 Å². The van der Waals surface area contributed by atoms with Gasteiger partial charge in [0.2, 0.25) is 0 Å². The van der Waals surface area contributed by atoms with E-state index in [1.165, 1.54) is 29.8 Å². The molecule has 1 saturated carbocycles. The summed E-state index contributed by atoms with van der Waals surface area (Å²) < 4.78 is 13.5. The van der Waals surface area contributed by atoms with Crippen LogP contribution in [0.5, 0.6) is 0 Å². The van der Waals surface area contributed by atoms with E-state index in [0.717, 1.165) is 56.8 Å². The van der Waals surface area contributed by atoms with Crippen LogP contribution in [0.1, 0.15) is 54.1 Å². The van der Waals surface area contributed by atoms with Gasteiger partial charge in [-0.25, -0.2) is 4.98 Å². The molecule has 1 fully saturated rings. The Kier molecular flexibility index (Phi) is 4.65. The number of hydrogen-bond acceptors (Lipinski definition) is 5. The summed E-state index contributed by atoms with van der Waals surface area (Å²) >= 11 is 0. The molecule has 25 heavy (non-hydrogen) atoms. The van der Waals surface area contributed by atoms with Crippen molar-refractivity contribution >= 4 is 0 Å². The molecule has 2 aliphatic rings. The lowest BCUT2D eigenvalue weighted by Gasteiger charge is -2.33. The molecule has 0 spiro atoms. The molecule has 2 aromatic heterocycles. The number of imidazole rings is 1. The summed E-state index contributed by atoms with van der Waals surface area (Å²) in [6, 6.07) is 0. The Morgan fingerprint density at radius 1 is 1.32 bits per heavy atom. The van der Waals surface area contributed by atoms with Crippen LogP contribution in [-0.2, 0) is 24.4 Å². The largest absolute Gasteiger partial charge is 0.381 e. The van der Waals surface area contributed by atoms with Crippen LogP contribution in [0.3, 0.4) is 0 Å². The third-order valence-electron chi connectivity index (χ3n) is 5.43. The SMILES string of the molecule is CCOC[C@H]1CN(Cc2c(C)noc2C)Cc2ncn(CC3CC3)c21. The van der Waals surface area contributed by atoms with Gasteiger partial charge in [0.1, 0.15) is 5.76 Å². The Morgan fingerprint density at radius 3 is 2.84 bits per heavy atom. The fourth-order valence-electron chi connectivity index (χ4n) is 3.89. The Balaban J connectivity index is 1.55. The summed E-state index contributed by atoms with van der Waals surface area (Å²) in [7, 11) is 0. The normalized spacial score (nSPS) is 20.8. The molecule has 0 aromatic carbocycles. The van der Waals surface area contributed by atoms with Crippen LogP contribution in [0.4, 0.5) is 0 Å². The molecule has 6 nitrogen and oxygen atoms in total. The smallest absolute Gasteiger partial charge is 0.138 e. The van der Waals surface area contributed by atoms with Crippen LogP contribution in [0, 0.1) is 19.8 Å². The molecular weight excluding hydrogens is 316 g/mol. The lowest BCUT2D eigenvalue weighted by Crippen LogP contribution is -2.36. The van der Waals surface area contributed by atoms with Crippen LogP contribution in [0.15, 0.2) is 10.9 Å². The third-order valence-corrected chi connectivity index (χ3v) is 5.43. The highest BCUT2D eigenvalue weighted by Gasteiger charge is 2.32. The minimum Gasteiger partial charge on any atom is -0.381 e. The first kappa shape index (κ1) is 16.8. The number of ether oxygens (including phenoxy) is 1. The molecule has 0 saturated heterocycles. The van der Waals surface area contributed by atoms with E-state index in [1.807, 2.05) is 20.2 Å². The lowest BCUT2D eigenvalue weighted by molar-refractivity contribution is 0.101. The van der Waals surface area contributed by atoms with Crippen LogP contribution in [-0.4, -0.2) is 39.4 Å². The van der Waals surface area contributed by atoms with Gasteiger partial charge in [0, 0.05) is 50.0 Å². The van der Waals surface area contributed by atoms with Gasteiger partial charge in [-0.1, -0.05) is 5.16 Å². The van der Waals surface area contributed by atoms with Crippen LogP contribution >= 0.6 is 0 Å². The van der Waals surface area contributed by atoms with Crippen LogP contribution < -0.4 is 0 Å². The number of hydrogen-bond donors (Lipinski definition) is 0. The molecule has 136 valence electrons. The molecule has 1 aliphatic carbocycles. The summed E-state index contributed by atoms with van der Waals surface area (Å²) in [6.45, 7) is 11.5. The quantitative estimate of drug-likeness (QED) is 0.773. The predicted octanol–water partition coefficient (Wildman–Crippen LogP) is 3.03. The van der Waals surface area contributed by atoms with Crippen molar-refractivity contribution < 1.29 is 9.26 Å². The second-order valence-electron chi connectivity index (χ2n) is 7.50. The average Bonchev–Trinajstić information content (AvgIpc) is 3.26. The van der Waals surface area contributed by atoms with E-state index < -0.39 is 0 Å². The maximum atomic E-state index is 5.81. The second kappa shape index (κ2) is 6.92. The Morgan fingerprint density at radius 2 is 2.16 bits per heavy atom. The lowest BCUT2D eigenvalue weighted by atomic mass is 9.98. The van der Waals surface area contributed by atoms with Crippen molar-refractivity contribution in [3.8, 4) is 0 Å². The minimum absolute atomic E-state index is 0.380. The molecule has 0 unspecified atom stereocenters. The van der Waals surface area contributed by atoms with Crippen molar-refractivity contribution in [1.82, 2.24) is 19.6 Å². The van der Waals surface area contributed by atoms with Crippen molar-refractivity contribution in [2.45, 2.75) is 59.2 Å². The Hall–Kier alpha value is -1.66. The Labute approximate surface area is 149 Å². The maximum absolute atomic E-state index is 5.81. The first-order chi connectivity index (χ1) is 12.2. The van der Waals surface area contributed by atoms with Crippen molar-refractivity contribution in [3.05, 3.63) is 34.7 Å². The van der Waals surface area contributed by atoms with Crippen LogP contribution in [0.25, 0.3) is 0 Å². The average molecular weight is 344 g/mol. The highest BCUT2D eigenvalue weighted by atomic mass is 16.5. The fraction of sp³-hybridized carbons (Fsp3) is 0.684. The van der Waals surface area contributed by atoms with E-state index in [-0.39, 0.29) is 0 Å². The number of aromatic nitrogens is 3. The number of nitrogens with zero attached hydrogens (tertiary/aromatic N) is 4. The predicted molar refractivity (Wildman–Crippen MR) is 94.3 cm³/mol. The molecule has 2 aromatic rings. The Bertz CT molecular complexity index is 712. The van der Waals surface area contributed by atoms with Gasteiger partial charge in [-0.2, -0.15) is 0 Å². The van der Waals surface area contributed by atoms with E-state index in [4.69, 9.17) is 14.2 Å². The summed E-state index contributed by atoms with van der Waals surface area (Å²) in [5.74, 6) is 2.15. The molecule has 1 aliphatic heterocycles. The second-order valence-corrected chi connectivity index (χ2v) is 7.50. The summed E-state index contributed by atoms with van der Waals surface area (Å²) in [4.78, 5) is 7.20. The molecule has 3 heterocycles. The molecule has 1 atom stereocenters. The minimum atomic E-state index is 0.380. The van der Waals surface area contributed by atoms with Gasteiger partial charge in [-0.15, -0.1) is 0 Å². The molecular formula is C19H28N4O2. The number of aryl methyl sites for hydroxylation is 2. The zero-order valence-corrected chi connectivity index (χ0v) is 15.5. The number of rotatable bonds is 7. The van der Waals surface area contributed by atoms with Crippen molar-refractivity contribution in [3.63, 3.8) is 0 Å². The first-order valence-corrected chi connectivity index (χ1v) is 9.41. The number of fused-ring (bicyclic) bond motifs is 1. The zero-order chi connectivity index (χ0) is 17.4. The first-order valence-electron chi connectivity index (χ1n) is 9.41. The molecule has 0 radical (unpaired) electrons. The van der Waals surface area contributed by atoms with Gasteiger partial charge in [-0.05, 0) is 39.5 Å². The van der Waals surface area contributed by atoms with E-state index in [1.54, 1.807) is 0 Å². The maximum Gasteiger partial charge on any atom is 0.138 e. The van der Waals surface area contributed by atoms with Crippen molar-refractivity contribution in [2.24, 2.45) is 5.92 Å². The van der Waals surface area contributed by atoms with Gasteiger partial charge in [0.25, 0.3) is 0 Å². The van der Waals surface area contributed by atoms with Crippen molar-refractivity contribution in [2.75, 3.05) is 19.8 Å². The van der Waals surface area contributed by atoms with Gasteiger partial charge in [-0.3, -0.25) is 4.90 Å². The molecule has 0 bridgehead atoms. The molecule has 0 amide bonds. The molecule has 0 N–H and O–H groups in total. The van der Waals surface area contributed by atoms with E-state index in [9.17, 15) is 0 Å². The zero-order valence-electron chi connectivity index (χ0n) is 15.5. The van der Waals surface area contributed by atoms with Crippen LogP contribution in [0.2, 0.25) is 0 Å². The van der Waals surface area contributed by atoms with E-state index in [0.29, 0.717) is 5.92 Å². The third kappa shape index (κ3) is 3.51. The van der Waals surface area contributed by atoms with Crippen molar-refractivity contribution in [1.29, 1.82) is 0 Å². The van der Waals surface area contributed by atoms with Gasteiger partial charge >= 0.3 is 0 Å². The topological polar surface area (TPSA) is 56.3 Å². The highest BCUT2D eigenvalue weighted by molar-refractivity contribution is 5.25. The van der Waals surface area contributed by atoms with Gasteiger partial charge < -0.3 is 13.8 Å². The monoisotopic (exact) mass is 344 g/mol. The molecule has 4 rings (SSSR count). The summed E-state index contributed by atoms with van der Waals surface area (Å²) in [5.41, 5.74) is 4.80. The highest BCUT2D eigenvalue weighted by Crippen LogP contribution is 2.35.